The largest absolute Gasteiger partial charge is 0.294 e. The fraction of sp³-hybridized carbons (Fsp3) is 0.455. The van der Waals surface area contributed by atoms with Crippen molar-refractivity contribution < 1.29 is 18.4 Å². The number of rotatable bonds is 4. The van der Waals surface area contributed by atoms with E-state index in [1.54, 1.807) is 0 Å². The molecule has 0 aromatic heterocycles. The van der Waals surface area contributed by atoms with Crippen LogP contribution in [0.15, 0.2) is 23.3 Å². The number of carbonyl (C=O) groups is 2. The molecule has 0 atom stereocenters. The molecule has 0 rings (SSSR count). The first kappa shape index (κ1) is 13.7. The van der Waals surface area contributed by atoms with Crippen LogP contribution in [0.25, 0.3) is 0 Å². The number of alkyl halides is 2. The van der Waals surface area contributed by atoms with Crippen LogP contribution >= 0.6 is 0 Å². The van der Waals surface area contributed by atoms with E-state index in [1.807, 2.05) is 0 Å². The molecule has 0 N–H and O–H groups in total. The van der Waals surface area contributed by atoms with Crippen LogP contribution in [0.4, 0.5) is 8.78 Å². The molecule has 84 valence electrons. The number of hydrogen-bond acceptors (Lipinski definition) is 2. The summed E-state index contributed by atoms with van der Waals surface area (Å²) in [6, 6.07) is 0. The summed E-state index contributed by atoms with van der Waals surface area (Å²) in [5.41, 5.74) is -0.263. The number of halogens is 2. The first-order valence-electron chi connectivity index (χ1n) is 4.45. The van der Waals surface area contributed by atoms with Gasteiger partial charge in [0.2, 0.25) is 0 Å². The Balaban J connectivity index is 5.05. The van der Waals surface area contributed by atoms with Gasteiger partial charge < -0.3 is 0 Å². The van der Waals surface area contributed by atoms with E-state index in [0.29, 0.717) is 0 Å². The SMILES string of the molecule is CC(=O)C(=C/C=C(\C)C(C)(F)F)C(C)=O. The third-order valence-corrected chi connectivity index (χ3v) is 1.95. The van der Waals surface area contributed by atoms with Gasteiger partial charge in [0.25, 0.3) is 5.92 Å². The third kappa shape index (κ3) is 4.63. The maximum Gasteiger partial charge on any atom is 0.266 e. The molecule has 0 amide bonds. The zero-order chi connectivity index (χ0) is 12.2. The van der Waals surface area contributed by atoms with Crippen LogP contribution < -0.4 is 0 Å². The van der Waals surface area contributed by atoms with Crippen LogP contribution in [0.5, 0.6) is 0 Å². The highest BCUT2D eigenvalue weighted by atomic mass is 19.3. The van der Waals surface area contributed by atoms with E-state index in [-0.39, 0.29) is 11.1 Å². The molecular weight excluding hydrogens is 202 g/mol. The lowest BCUT2D eigenvalue weighted by molar-refractivity contribution is -0.119. The fourth-order valence-electron chi connectivity index (χ4n) is 0.837. The summed E-state index contributed by atoms with van der Waals surface area (Å²) in [7, 11) is 0. The van der Waals surface area contributed by atoms with Crippen LogP contribution in [-0.4, -0.2) is 17.5 Å². The zero-order valence-corrected chi connectivity index (χ0v) is 9.23. The molecule has 0 saturated heterocycles. The van der Waals surface area contributed by atoms with E-state index in [1.165, 1.54) is 20.8 Å². The number of Topliss-reactive ketones (excluding diaryl/α,β-unsaturated/α-hetero) is 2. The molecule has 0 fully saturated rings. The number of ketones is 2. The molecule has 0 bridgehead atoms. The summed E-state index contributed by atoms with van der Waals surface area (Å²) in [5, 5.41) is 0. The van der Waals surface area contributed by atoms with Gasteiger partial charge in [-0.15, -0.1) is 0 Å². The van der Waals surface area contributed by atoms with Crippen molar-refractivity contribution >= 4 is 11.6 Å². The first-order chi connectivity index (χ1) is 6.66. The molecule has 0 aromatic rings. The van der Waals surface area contributed by atoms with Gasteiger partial charge in [0.15, 0.2) is 11.6 Å². The van der Waals surface area contributed by atoms with Crippen molar-refractivity contribution in [3.05, 3.63) is 23.3 Å². The van der Waals surface area contributed by atoms with Crippen molar-refractivity contribution in [3.63, 3.8) is 0 Å². The molecule has 0 spiro atoms. The molecule has 0 radical (unpaired) electrons. The molecular formula is C11H14F2O2. The zero-order valence-electron chi connectivity index (χ0n) is 9.23. The minimum atomic E-state index is -2.94. The van der Waals surface area contributed by atoms with Gasteiger partial charge in [0.1, 0.15) is 0 Å². The van der Waals surface area contributed by atoms with Gasteiger partial charge in [-0.05, 0) is 32.4 Å². The van der Waals surface area contributed by atoms with Crippen LogP contribution in [-0.2, 0) is 9.59 Å². The van der Waals surface area contributed by atoms with Crippen molar-refractivity contribution in [2.75, 3.05) is 0 Å². The average molecular weight is 216 g/mol. The van der Waals surface area contributed by atoms with Crippen molar-refractivity contribution in [1.29, 1.82) is 0 Å². The van der Waals surface area contributed by atoms with Crippen LogP contribution in [0.3, 0.4) is 0 Å². The van der Waals surface area contributed by atoms with Crippen LogP contribution in [0, 0.1) is 0 Å². The maximum atomic E-state index is 12.7. The van der Waals surface area contributed by atoms with Crippen molar-refractivity contribution in [3.8, 4) is 0 Å². The number of hydrogen-bond donors (Lipinski definition) is 0. The second-order valence-corrected chi connectivity index (χ2v) is 3.43. The fourth-order valence-corrected chi connectivity index (χ4v) is 0.837. The van der Waals surface area contributed by atoms with E-state index < -0.39 is 17.5 Å². The molecule has 0 aliphatic carbocycles. The predicted molar refractivity (Wildman–Crippen MR) is 53.8 cm³/mol. The maximum absolute atomic E-state index is 12.7. The second kappa shape index (κ2) is 4.96. The first-order valence-corrected chi connectivity index (χ1v) is 4.45. The Hall–Kier alpha value is -1.32. The minimum absolute atomic E-state index is 0.0707. The Morgan fingerprint density at radius 2 is 1.40 bits per heavy atom. The molecule has 15 heavy (non-hydrogen) atoms. The molecule has 0 saturated carbocycles. The van der Waals surface area contributed by atoms with E-state index in [4.69, 9.17) is 0 Å². The summed E-state index contributed by atoms with van der Waals surface area (Å²) in [6.45, 7) is 4.45. The highest BCUT2D eigenvalue weighted by Crippen LogP contribution is 2.22. The van der Waals surface area contributed by atoms with E-state index in [0.717, 1.165) is 19.1 Å². The Morgan fingerprint density at radius 3 is 1.67 bits per heavy atom. The minimum Gasteiger partial charge on any atom is -0.294 e. The Bertz CT molecular complexity index is 317. The summed E-state index contributed by atoms with van der Waals surface area (Å²) in [6.07, 6.45) is 2.23. The van der Waals surface area contributed by atoms with Gasteiger partial charge in [-0.1, -0.05) is 6.08 Å². The van der Waals surface area contributed by atoms with Gasteiger partial charge in [0, 0.05) is 6.92 Å². The highest BCUT2D eigenvalue weighted by molar-refractivity contribution is 6.18. The van der Waals surface area contributed by atoms with Gasteiger partial charge >= 0.3 is 0 Å². The van der Waals surface area contributed by atoms with Gasteiger partial charge in [-0.2, -0.15) is 0 Å². The lowest BCUT2D eigenvalue weighted by Crippen LogP contribution is -2.11. The lowest BCUT2D eigenvalue weighted by Gasteiger charge is -2.09. The lowest BCUT2D eigenvalue weighted by atomic mass is 10.1. The van der Waals surface area contributed by atoms with Gasteiger partial charge in [0.05, 0.1) is 5.57 Å². The topological polar surface area (TPSA) is 34.1 Å². The summed E-state index contributed by atoms with van der Waals surface area (Å²) >= 11 is 0. The monoisotopic (exact) mass is 216 g/mol. The predicted octanol–water partition coefficient (Wildman–Crippen LogP) is 2.69. The molecule has 4 heteroatoms. The summed E-state index contributed by atoms with van der Waals surface area (Å²) in [4.78, 5) is 21.9. The summed E-state index contributed by atoms with van der Waals surface area (Å²) < 4.78 is 25.4. The summed E-state index contributed by atoms with van der Waals surface area (Å²) in [5.74, 6) is -3.79. The average Bonchev–Trinajstić information content (AvgIpc) is 2.00. The number of allylic oxidation sites excluding steroid dienone is 4. The number of carbonyl (C=O) groups excluding carboxylic acids is 2. The Labute approximate surface area is 87.7 Å². The van der Waals surface area contributed by atoms with Crippen molar-refractivity contribution in [2.24, 2.45) is 0 Å². The van der Waals surface area contributed by atoms with Crippen LogP contribution in [0.1, 0.15) is 27.7 Å². The third-order valence-electron chi connectivity index (χ3n) is 1.95. The molecule has 0 aliphatic heterocycles. The second-order valence-electron chi connectivity index (χ2n) is 3.43. The van der Waals surface area contributed by atoms with Crippen molar-refractivity contribution in [1.82, 2.24) is 0 Å². The van der Waals surface area contributed by atoms with Crippen molar-refractivity contribution in [2.45, 2.75) is 33.6 Å². The van der Waals surface area contributed by atoms with Crippen LogP contribution in [0.2, 0.25) is 0 Å². The van der Waals surface area contributed by atoms with E-state index in [9.17, 15) is 18.4 Å². The van der Waals surface area contributed by atoms with E-state index >= 15 is 0 Å². The molecule has 0 heterocycles. The smallest absolute Gasteiger partial charge is 0.266 e. The van der Waals surface area contributed by atoms with Gasteiger partial charge in [-0.25, -0.2) is 8.78 Å². The van der Waals surface area contributed by atoms with Gasteiger partial charge in [-0.3, -0.25) is 9.59 Å². The van der Waals surface area contributed by atoms with E-state index in [2.05, 4.69) is 0 Å². The Morgan fingerprint density at radius 1 is 1.00 bits per heavy atom. The Kier molecular flexibility index (Phi) is 4.52. The molecule has 0 aromatic carbocycles. The molecule has 0 aliphatic rings. The molecule has 0 unspecified atom stereocenters. The standard InChI is InChI=1S/C11H14F2O2/c1-7(11(4,12)13)5-6-10(8(2)14)9(3)15/h5-6H,1-4H3/b7-5+. The molecule has 2 nitrogen and oxygen atoms in total. The normalized spacial score (nSPS) is 12.3. The highest BCUT2D eigenvalue weighted by Gasteiger charge is 2.22. The quantitative estimate of drug-likeness (QED) is 0.313.